The summed E-state index contributed by atoms with van der Waals surface area (Å²) in [6.07, 6.45) is 3.96. The second-order valence-corrected chi connectivity index (χ2v) is 4.08. The summed E-state index contributed by atoms with van der Waals surface area (Å²) >= 11 is 0. The molecule has 0 bridgehead atoms. The van der Waals surface area contributed by atoms with E-state index in [0.717, 1.165) is 37.0 Å². The molecule has 3 nitrogen and oxygen atoms in total. The monoisotopic (exact) mass is 236 g/mol. The molecule has 0 heterocycles. The van der Waals surface area contributed by atoms with E-state index in [1.165, 1.54) is 0 Å². The van der Waals surface area contributed by atoms with Gasteiger partial charge in [0.25, 0.3) is 0 Å². The first kappa shape index (κ1) is 13.6. The zero-order valence-corrected chi connectivity index (χ0v) is 10.5. The van der Waals surface area contributed by atoms with Crippen molar-refractivity contribution in [2.24, 2.45) is 0 Å². The van der Waals surface area contributed by atoms with Gasteiger partial charge in [-0.05, 0) is 43.0 Å². The summed E-state index contributed by atoms with van der Waals surface area (Å²) in [4.78, 5) is 10.9. The van der Waals surface area contributed by atoms with Gasteiger partial charge in [-0.3, -0.25) is 0 Å². The van der Waals surface area contributed by atoms with Crippen LogP contribution in [0.5, 0.6) is 5.75 Å². The number of benzene rings is 1. The van der Waals surface area contributed by atoms with Gasteiger partial charge in [-0.1, -0.05) is 20.3 Å². The van der Waals surface area contributed by atoms with Crippen LogP contribution in [-0.4, -0.2) is 17.7 Å². The molecule has 0 fully saturated rings. The van der Waals surface area contributed by atoms with Crippen molar-refractivity contribution < 1.29 is 14.6 Å². The molecule has 3 heteroatoms. The molecular formula is C14H20O3. The molecule has 94 valence electrons. The molecule has 0 aliphatic heterocycles. The largest absolute Gasteiger partial charge is 0.493 e. The number of rotatable bonds is 7. The highest BCUT2D eigenvalue weighted by Gasteiger charge is 2.09. The third-order valence-electron chi connectivity index (χ3n) is 2.57. The number of carboxylic acids is 1. The Morgan fingerprint density at radius 1 is 1.29 bits per heavy atom. The fourth-order valence-corrected chi connectivity index (χ4v) is 1.63. The lowest BCUT2D eigenvalue weighted by Crippen LogP contribution is -2.02. The van der Waals surface area contributed by atoms with E-state index >= 15 is 0 Å². The maximum absolute atomic E-state index is 10.9. The number of hydrogen-bond donors (Lipinski definition) is 1. The Kier molecular flexibility index (Phi) is 5.53. The number of carbonyl (C=O) groups is 1. The van der Waals surface area contributed by atoms with E-state index in [2.05, 4.69) is 13.8 Å². The Morgan fingerprint density at radius 3 is 2.65 bits per heavy atom. The maximum Gasteiger partial charge on any atom is 0.335 e. The van der Waals surface area contributed by atoms with Gasteiger partial charge in [0.05, 0.1) is 12.2 Å². The maximum atomic E-state index is 10.9. The summed E-state index contributed by atoms with van der Waals surface area (Å²) in [5.74, 6) is -0.0601. The lowest BCUT2D eigenvalue weighted by Gasteiger charge is -2.11. The summed E-state index contributed by atoms with van der Waals surface area (Å²) in [5.41, 5.74) is 1.33. The summed E-state index contributed by atoms with van der Waals surface area (Å²) in [6, 6.07) is 5.09. The van der Waals surface area contributed by atoms with E-state index in [-0.39, 0.29) is 0 Å². The first-order valence-electron chi connectivity index (χ1n) is 6.18. The van der Waals surface area contributed by atoms with Gasteiger partial charge in [0.1, 0.15) is 5.75 Å². The predicted molar refractivity (Wildman–Crippen MR) is 67.8 cm³/mol. The average molecular weight is 236 g/mol. The molecule has 0 unspecified atom stereocenters. The molecule has 0 atom stereocenters. The second-order valence-electron chi connectivity index (χ2n) is 4.08. The van der Waals surface area contributed by atoms with Crippen molar-refractivity contribution in [2.75, 3.05) is 6.61 Å². The van der Waals surface area contributed by atoms with Crippen LogP contribution in [0.2, 0.25) is 0 Å². The summed E-state index contributed by atoms with van der Waals surface area (Å²) in [5, 5.41) is 8.96. The number of aryl methyl sites for hydroxylation is 1. The molecule has 1 aromatic rings. The zero-order chi connectivity index (χ0) is 12.7. The van der Waals surface area contributed by atoms with Gasteiger partial charge in [-0.15, -0.1) is 0 Å². The quantitative estimate of drug-likeness (QED) is 0.788. The molecule has 17 heavy (non-hydrogen) atoms. The molecule has 0 aromatic heterocycles. The van der Waals surface area contributed by atoms with Crippen LogP contribution < -0.4 is 4.74 Å². The van der Waals surface area contributed by atoms with Crippen LogP contribution in [0.1, 0.15) is 49.0 Å². The van der Waals surface area contributed by atoms with Crippen molar-refractivity contribution in [3.63, 3.8) is 0 Å². The van der Waals surface area contributed by atoms with Crippen LogP contribution in [0.25, 0.3) is 0 Å². The van der Waals surface area contributed by atoms with Crippen molar-refractivity contribution in [1.29, 1.82) is 0 Å². The summed E-state index contributed by atoms with van der Waals surface area (Å²) < 4.78 is 5.63. The number of unbranched alkanes of at least 4 members (excludes halogenated alkanes) is 1. The van der Waals surface area contributed by atoms with Crippen LogP contribution in [-0.2, 0) is 6.42 Å². The average Bonchev–Trinajstić information content (AvgIpc) is 2.34. The molecule has 0 spiro atoms. The number of hydrogen-bond acceptors (Lipinski definition) is 2. The normalized spacial score (nSPS) is 10.2. The first-order valence-corrected chi connectivity index (χ1v) is 6.18. The van der Waals surface area contributed by atoms with E-state index < -0.39 is 5.97 Å². The van der Waals surface area contributed by atoms with Crippen LogP contribution >= 0.6 is 0 Å². The van der Waals surface area contributed by atoms with E-state index in [0.29, 0.717) is 12.2 Å². The van der Waals surface area contributed by atoms with Crippen LogP contribution in [0, 0.1) is 0 Å². The highest BCUT2D eigenvalue weighted by atomic mass is 16.5. The van der Waals surface area contributed by atoms with Crippen LogP contribution in [0.3, 0.4) is 0 Å². The fraction of sp³-hybridized carbons (Fsp3) is 0.500. The lowest BCUT2D eigenvalue weighted by atomic mass is 10.0. The number of aromatic carboxylic acids is 1. The van der Waals surface area contributed by atoms with Gasteiger partial charge in [0.2, 0.25) is 0 Å². The van der Waals surface area contributed by atoms with E-state index in [1.807, 2.05) is 0 Å². The molecule has 0 saturated heterocycles. The Hall–Kier alpha value is -1.51. The van der Waals surface area contributed by atoms with Gasteiger partial charge >= 0.3 is 5.97 Å². The molecule has 0 aliphatic rings. The Bertz CT molecular complexity index is 372. The summed E-state index contributed by atoms with van der Waals surface area (Å²) in [6.45, 7) is 4.84. The van der Waals surface area contributed by atoms with Crippen LogP contribution in [0.4, 0.5) is 0 Å². The predicted octanol–water partition coefficient (Wildman–Crippen LogP) is 3.52. The second kappa shape index (κ2) is 6.94. The highest BCUT2D eigenvalue weighted by molar-refractivity contribution is 5.88. The van der Waals surface area contributed by atoms with Crippen LogP contribution in [0.15, 0.2) is 18.2 Å². The minimum atomic E-state index is -0.884. The van der Waals surface area contributed by atoms with Crippen molar-refractivity contribution in [3.8, 4) is 5.75 Å². The van der Waals surface area contributed by atoms with Crippen molar-refractivity contribution in [1.82, 2.24) is 0 Å². The van der Waals surface area contributed by atoms with E-state index in [1.54, 1.807) is 18.2 Å². The van der Waals surface area contributed by atoms with Gasteiger partial charge in [0.15, 0.2) is 0 Å². The minimum Gasteiger partial charge on any atom is -0.493 e. The molecule has 0 radical (unpaired) electrons. The van der Waals surface area contributed by atoms with E-state index in [9.17, 15) is 4.79 Å². The topological polar surface area (TPSA) is 46.5 Å². The molecule has 1 rings (SSSR count). The molecule has 0 saturated carbocycles. The Balaban J connectivity index is 2.90. The van der Waals surface area contributed by atoms with Gasteiger partial charge < -0.3 is 9.84 Å². The fourth-order valence-electron chi connectivity index (χ4n) is 1.63. The van der Waals surface area contributed by atoms with Gasteiger partial charge in [-0.25, -0.2) is 4.79 Å². The number of carboxylic acid groups (broad SMARTS) is 1. The standard InChI is InChI=1S/C14H20O3/c1-3-5-6-11-10-12(14(15)16)7-8-13(11)17-9-4-2/h7-8,10H,3-6,9H2,1-2H3,(H,15,16). The highest BCUT2D eigenvalue weighted by Crippen LogP contribution is 2.22. The third-order valence-corrected chi connectivity index (χ3v) is 2.57. The molecular weight excluding hydrogens is 216 g/mol. The van der Waals surface area contributed by atoms with Crippen molar-refractivity contribution >= 4 is 5.97 Å². The van der Waals surface area contributed by atoms with Gasteiger partial charge in [0, 0.05) is 0 Å². The van der Waals surface area contributed by atoms with Gasteiger partial charge in [-0.2, -0.15) is 0 Å². The van der Waals surface area contributed by atoms with Crippen molar-refractivity contribution in [2.45, 2.75) is 39.5 Å². The molecule has 0 amide bonds. The minimum absolute atomic E-state index is 0.333. The first-order chi connectivity index (χ1) is 8.19. The van der Waals surface area contributed by atoms with Crippen molar-refractivity contribution in [3.05, 3.63) is 29.3 Å². The zero-order valence-electron chi connectivity index (χ0n) is 10.5. The molecule has 1 aromatic carbocycles. The molecule has 0 aliphatic carbocycles. The lowest BCUT2D eigenvalue weighted by molar-refractivity contribution is 0.0696. The van der Waals surface area contributed by atoms with E-state index in [4.69, 9.17) is 9.84 Å². The number of ether oxygens (including phenoxy) is 1. The third kappa shape index (κ3) is 4.10. The molecule has 1 N–H and O–H groups in total. The summed E-state index contributed by atoms with van der Waals surface area (Å²) in [7, 11) is 0. The SMILES string of the molecule is CCCCc1cc(C(=O)O)ccc1OCCC. The Labute approximate surface area is 102 Å². The smallest absolute Gasteiger partial charge is 0.335 e. The Morgan fingerprint density at radius 2 is 2.06 bits per heavy atom.